The van der Waals surface area contributed by atoms with Gasteiger partial charge >= 0.3 is 6.18 Å². The lowest BCUT2D eigenvalue weighted by Gasteiger charge is -2.21. The number of rotatable bonds is 7. The zero-order valence-electron chi connectivity index (χ0n) is 19.0. The molecule has 0 amide bonds. The highest BCUT2D eigenvalue weighted by molar-refractivity contribution is 6.33. The molecule has 2 heterocycles. The fraction of sp³-hybridized carbons (Fsp3) is 0.385. The van der Waals surface area contributed by atoms with Crippen LogP contribution >= 0.6 is 11.6 Å². The number of carbonyl (C=O) groups is 1. The van der Waals surface area contributed by atoms with Crippen LogP contribution in [0.5, 0.6) is 0 Å². The average molecular weight is 503 g/mol. The van der Waals surface area contributed by atoms with Gasteiger partial charge in [-0.1, -0.05) is 41.9 Å². The number of aromatic nitrogens is 2. The van der Waals surface area contributed by atoms with E-state index in [1.807, 2.05) is 41.2 Å². The zero-order valence-corrected chi connectivity index (χ0v) is 19.8. The summed E-state index contributed by atoms with van der Waals surface area (Å²) < 4.78 is 41.6. The molecule has 3 aromatic rings. The van der Waals surface area contributed by atoms with Gasteiger partial charge in [-0.3, -0.25) is 9.48 Å². The van der Waals surface area contributed by atoms with E-state index in [0.717, 1.165) is 29.3 Å². The Bertz CT molecular complexity index is 1220. The van der Waals surface area contributed by atoms with Crippen LogP contribution in [0, 0.1) is 5.92 Å². The minimum Gasteiger partial charge on any atom is -0.380 e. The number of carbonyl (C=O) groups excluding carboxylic acids is 1. The first kappa shape index (κ1) is 23.9. The van der Waals surface area contributed by atoms with Gasteiger partial charge in [0.25, 0.3) is 0 Å². The number of benzene rings is 2. The standard InChI is InChI=1S/C26H26ClF3N4O/c27-22-8-7-19-20(9-11-31-14-21(19)25(35)26(28,29)30)24(22)32-13-16-3-5-18(6-4-16)23-10-12-34(33-23)15-17-1-2-17/h3-8,10,12,17,21,31-32H,1-2,9,11,13-15H2. The third kappa shape index (κ3) is 5.38. The maximum absolute atomic E-state index is 13.2. The number of alkyl halides is 3. The largest absolute Gasteiger partial charge is 0.450 e. The first-order valence-electron chi connectivity index (χ1n) is 11.8. The van der Waals surface area contributed by atoms with Crippen LogP contribution in [-0.4, -0.2) is 34.8 Å². The first-order chi connectivity index (χ1) is 16.8. The van der Waals surface area contributed by atoms with Gasteiger partial charge in [0.05, 0.1) is 22.3 Å². The lowest BCUT2D eigenvalue weighted by molar-refractivity contribution is -0.172. The summed E-state index contributed by atoms with van der Waals surface area (Å²) in [6.07, 6.45) is 0.152. The highest BCUT2D eigenvalue weighted by Crippen LogP contribution is 2.37. The molecule has 0 spiro atoms. The van der Waals surface area contributed by atoms with Crippen LogP contribution < -0.4 is 10.6 Å². The van der Waals surface area contributed by atoms with E-state index >= 15 is 0 Å². The fourth-order valence-corrected chi connectivity index (χ4v) is 4.83. The molecule has 9 heteroatoms. The maximum atomic E-state index is 13.2. The van der Waals surface area contributed by atoms with E-state index < -0.39 is 17.9 Å². The van der Waals surface area contributed by atoms with E-state index in [9.17, 15) is 18.0 Å². The van der Waals surface area contributed by atoms with Gasteiger partial charge < -0.3 is 10.6 Å². The van der Waals surface area contributed by atoms with Gasteiger partial charge in [-0.15, -0.1) is 0 Å². The van der Waals surface area contributed by atoms with Gasteiger partial charge in [0, 0.05) is 31.4 Å². The molecule has 5 nitrogen and oxygen atoms in total. The fourth-order valence-electron chi connectivity index (χ4n) is 4.59. The van der Waals surface area contributed by atoms with E-state index in [2.05, 4.69) is 15.7 Å². The summed E-state index contributed by atoms with van der Waals surface area (Å²) in [5.74, 6) is -2.27. The summed E-state index contributed by atoms with van der Waals surface area (Å²) in [5, 5.41) is 11.3. The second-order valence-corrected chi connectivity index (χ2v) is 9.68. The van der Waals surface area contributed by atoms with Crippen molar-refractivity contribution in [2.75, 3.05) is 18.4 Å². The summed E-state index contributed by atoms with van der Waals surface area (Å²) in [4.78, 5) is 12.1. The number of nitrogens with one attached hydrogen (secondary N) is 2. The van der Waals surface area contributed by atoms with Gasteiger partial charge in [-0.05, 0) is 60.5 Å². The molecule has 1 fully saturated rings. The van der Waals surface area contributed by atoms with Crippen molar-refractivity contribution in [1.29, 1.82) is 0 Å². The van der Waals surface area contributed by atoms with E-state index in [1.54, 1.807) is 12.1 Å². The number of ketones is 1. The molecule has 1 aromatic heterocycles. The van der Waals surface area contributed by atoms with Crippen LogP contribution in [0.25, 0.3) is 11.3 Å². The second kappa shape index (κ2) is 9.66. The zero-order chi connectivity index (χ0) is 24.6. The number of halogens is 4. The molecule has 1 unspecified atom stereocenters. The summed E-state index contributed by atoms with van der Waals surface area (Å²) in [6, 6.07) is 13.1. The quantitative estimate of drug-likeness (QED) is 0.442. The third-order valence-corrected chi connectivity index (χ3v) is 6.99. The van der Waals surface area contributed by atoms with E-state index in [4.69, 9.17) is 11.6 Å². The maximum Gasteiger partial charge on any atom is 0.450 e. The van der Waals surface area contributed by atoms with Crippen molar-refractivity contribution in [3.8, 4) is 11.3 Å². The minimum absolute atomic E-state index is 0.0513. The van der Waals surface area contributed by atoms with E-state index in [-0.39, 0.29) is 6.54 Å². The molecule has 5 rings (SSSR count). The topological polar surface area (TPSA) is 59.0 Å². The normalized spacial score (nSPS) is 18.1. The summed E-state index contributed by atoms with van der Waals surface area (Å²) >= 11 is 6.45. The van der Waals surface area contributed by atoms with Crippen LogP contribution in [0.1, 0.15) is 35.4 Å². The first-order valence-corrected chi connectivity index (χ1v) is 12.2. The van der Waals surface area contributed by atoms with Crippen molar-refractivity contribution >= 4 is 23.1 Å². The number of Topliss-reactive ketones (excluding diaryl/α,β-unsaturated/α-hetero) is 1. The molecule has 1 aliphatic carbocycles. The molecule has 2 aromatic carbocycles. The molecule has 0 radical (unpaired) electrons. The number of nitrogens with zero attached hydrogens (tertiary/aromatic N) is 2. The Morgan fingerprint density at radius 3 is 2.63 bits per heavy atom. The number of hydrogen-bond acceptors (Lipinski definition) is 4. The average Bonchev–Trinajstić information content (AvgIpc) is 3.57. The van der Waals surface area contributed by atoms with Crippen molar-refractivity contribution in [3.63, 3.8) is 0 Å². The molecule has 1 atom stereocenters. The minimum atomic E-state index is -4.89. The predicted octanol–water partition coefficient (Wildman–Crippen LogP) is 5.59. The Labute approximate surface area is 206 Å². The van der Waals surface area contributed by atoms with Crippen molar-refractivity contribution in [2.24, 2.45) is 5.92 Å². The number of fused-ring (bicyclic) bond motifs is 1. The van der Waals surface area contributed by atoms with Gasteiger partial charge in [0.1, 0.15) is 0 Å². The molecule has 1 saturated carbocycles. The van der Waals surface area contributed by atoms with Crippen LogP contribution in [0.3, 0.4) is 0 Å². The summed E-state index contributed by atoms with van der Waals surface area (Å²) in [6.45, 7) is 1.82. The Kier molecular flexibility index (Phi) is 6.59. The molecule has 1 aliphatic heterocycles. The van der Waals surface area contributed by atoms with Gasteiger partial charge in [-0.25, -0.2) is 0 Å². The lowest BCUT2D eigenvalue weighted by atomic mass is 9.89. The van der Waals surface area contributed by atoms with Gasteiger partial charge in [0.15, 0.2) is 0 Å². The molecule has 0 bridgehead atoms. The Hall–Kier alpha value is -2.84. The Balaban J connectivity index is 1.32. The number of hydrogen-bond donors (Lipinski definition) is 2. The monoisotopic (exact) mass is 502 g/mol. The molecule has 2 N–H and O–H groups in total. The van der Waals surface area contributed by atoms with Crippen molar-refractivity contribution in [2.45, 2.75) is 44.4 Å². The van der Waals surface area contributed by atoms with E-state index in [0.29, 0.717) is 41.3 Å². The van der Waals surface area contributed by atoms with Crippen molar-refractivity contribution in [1.82, 2.24) is 15.1 Å². The number of anilines is 1. The Morgan fingerprint density at radius 1 is 1.14 bits per heavy atom. The van der Waals surface area contributed by atoms with Crippen LogP contribution in [-0.2, 0) is 24.3 Å². The molecule has 184 valence electrons. The molecule has 35 heavy (non-hydrogen) atoms. The summed E-state index contributed by atoms with van der Waals surface area (Å²) in [5.41, 5.74) is 4.55. The van der Waals surface area contributed by atoms with Crippen LogP contribution in [0.4, 0.5) is 18.9 Å². The highest BCUT2D eigenvalue weighted by atomic mass is 35.5. The molecule has 0 saturated heterocycles. The van der Waals surface area contributed by atoms with Crippen molar-refractivity contribution in [3.05, 3.63) is 70.4 Å². The summed E-state index contributed by atoms with van der Waals surface area (Å²) in [7, 11) is 0. The molecule has 2 aliphatic rings. The Morgan fingerprint density at radius 2 is 1.91 bits per heavy atom. The second-order valence-electron chi connectivity index (χ2n) is 9.28. The molecular weight excluding hydrogens is 477 g/mol. The third-order valence-electron chi connectivity index (χ3n) is 6.67. The SMILES string of the molecule is O=C(C1CNCCc2c1ccc(Cl)c2NCc1ccc(-c2ccn(CC3CC3)n2)cc1)C(F)(F)F. The van der Waals surface area contributed by atoms with Crippen molar-refractivity contribution < 1.29 is 18.0 Å². The highest BCUT2D eigenvalue weighted by Gasteiger charge is 2.44. The van der Waals surface area contributed by atoms with Crippen LogP contribution in [0.2, 0.25) is 5.02 Å². The molecular formula is C26H26ClF3N4O. The lowest BCUT2D eigenvalue weighted by Crippen LogP contribution is -2.34. The van der Waals surface area contributed by atoms with Crippen LogP contribution in [0.15, 0.2) is 48.7 Å². The predicted molar refractivity (Wildman–Crippen MR) is 130 cm³/mol. The van der Waals surface area contributed by atoms with Gasteiger partial charge in [0.2, 0.25) is 5.78 Å². The smallest absolute Gasteiger partial charge is 0.380 e. The van der Waals surface area contributed by atoms with E-state index in [1.165, 1.54) is 12.8 Å². The van der Waals surface area contributed by atoms with Gasteiger partial charge in [-0.2, -0.15) is 18.3 Å².